The Balaban J connectivity index is 1.12. The third-order valence-corrected chi connectivity index (χ3v) is 7.56. The van der Waals surface area contributed by atoms with Crippen LogP contribution in [0.25, 0.3) is 0 Å². The summed E-state index contributed by atoms with van der Waals surface area (Å²) in [4.78, 5) is 23.9. The van der Waals surface area contributed by atoms with E-state index in [1.807, 2.05) is 41.6 Å². The number of halogens is 2. The van der Waals surface area contributed by atoms with Crippen molar-refractivity contribution in [3.8, 4) is 0 Å². The number of hydrogen-bond donors (Lipinski definition) is 1. The van der Waals surface area contributed by atoms with E-state index in [-0.39, 0.29) is 17.7 Å². The standard InChI is InChI=1S/C25H27F2N5O2/c1-3-18-14(4-9-22(29-18)32-11-16-17(12-32)25(16,26)27)10-15-5-8-21(34-15)24(33)30-19-6-7-20-23(19)28-13-31(20)2/h4-5,8-9,13,16-17,19H,3,6-7,10-12H2,1-2H3,(H,30,33)/t16?,17?,19-/m1/s1. The summed E-state index contributed by atoms with van der Waals surface area (Å²) in [7, 11) is 1.97. The van der Waals surface area contributed by atoms with Gasteiger partial charge in [0, 0.05) is 37.9 Å². The molecule has 2 unspecified atom stereocenters. The topological polar surface area (TPSA) is 76.2 Å². The van der Waals surface area contributed by atoms with E-state index in [4.69, 9.17) is 9.40 Å². The second-order valence-electron chi connectivity index (χ2n) is 9.62. The number of pyridine rings is 1. The van der Waals surface area contributed by atoms with Crippen LogP contribution < -0.4 is 10.2 Å². The van der Waals surface area contributed by atoms with Crippen molar-refractivity contribution in [2.24, 2.45) is 18.9 Å². The molecule has 1 N–H and O–H groups in total. The number of nitrogens with one attached hydrogen (secondary N) is 1. The number of imidazole rings is 1. The third kappa shape index (κ3) is 3.40. The van der Waals surface area contributed by atoms with Gasteiger partial charge >= 0.3 is 0 Å². The van der Waals surface area contributed by atoms with Gasteiger partial charge < -0.3 is 19.2 Å². The van der Waals surface area contributed by atoms with Crippen LogP contribution in [0.4, 0.5) is 14.6 Å². The number of amides is 1. The van der Waals surface area contributed by atoms with Gasteiger partial charge in [-0.15, -0.1) is 0 Å². The van der Waals surface area contributed by atoms with Crippen molar-refractivity contribution in [3.05, 3.63) is 64.8 Å². The van der Waals surface area contributed by atoms with Gasteiger partial charge in [0.25, 0.3) is 11.8 Å². The van der Waals surface area contributed by atoms with E-state index in [0.29, 0.717) is 25.3 Å². The van der Waals surface area contributed by atoms with E-state index < -0.39 is 17.8 Å². The fraction of sp³-hybridized carbons (Fsp3) is 0.480. The number of carbonyl (C=O) groups excluding carboxylic acids is 1. The Morgan fingerprint density at radius 2 is 2.03 bits per heavy atom. The molecule has 2 fully saturated rings. The van der Waals surface area contributed by atoms with Gasteiger partial charge in [-0.05, 0) is 43.0 Å². The molecule has 0 radical (unpaired) electrons. The van der Waals surface area contributed by atoms with Gasteiger partial charge in [0.1, 0.15) is 11.6 Å². The molecule has 6 rings (SSSR count). The maximum atomic E-state index is 13.5. The van der Waals surface area contributed by atoms with Crippen LogP contribution in [-0.4, -0.2) is 39.5 Å². The molecular formula is C25H27F2N5O2. The summed E-state index contributed by atoms with van der Waals surface area (Å²) in [5, 5.41) is 3.04. The van der Waals surface area contributed by atoms with Crippen molar-refractivity contribution >= 4 is 11.7 Å². The molecule has 3 aromatic heterocycles. The minimum absolute atomic E-state index is 0.0998. The van der Waals surface area contributed by atoms with Gasteiger partial charge in [-0.2, -0.15) is 0 Å². The number of anilines is 1. The monoisotopic (exact) mass is 467 g/mol. The fourth-order valence-electron chi connectivity index (χ4n) is 5.50. The summed E-state index contributed by atoms with van der Waals surface area (Å²) in [5.41, 5.74) is 4.02. The lowest BCUT2D eigenvalue weighted by molar-refractivity contribution is 0.0796. The Bertz CT molecular complexity index is 1250. The molecule has 0 bridgehead atoms. The molecule has 1 amide bonds. The predicted octanol–water partition coefficient (Wildman–Crippen LogP) is 3.68. The minimum atomic E-state index is -2.50. The Morgan fingerprint density at radius 3 is 2.79 bits per heavy atom. The van der Waals surface area contributed by atoms with Gasteiger partial charge in [0.05, 0.1) is 29.9 Å². The Labute approximate surface area is 196 Å². The molecule has 0 aromatic carbocycles. The number of rotatable bonds is 6. The Morgan fingerprint density at radius 1 is 1.24 bits per heavy atom. The van der Waals surface area contributed by atoms with Crippen LogP contribution in [0.3, 0.4) is 0 Å². The summed E-state index contributed by atoms with van der Waals surface area (Å²) in [5.74, 6) is -2.08. The van der Waals surface area contributed by atoms with Crippen LogP contribution in [0.5, 0.6) is 0 Å². The fourth-order valence-corrected chi connectivity index (χ4v) is 5.50. The summed E-state index contributed by atoms with van der Waals surface area (Å²) >= 11 is 0. The van der Waals surface area contributed by atoms with Gasteiger partial charge in [-0.3, -0.25) is 4.79 Å². The van der Waals surface area contributed by atoms with Gasteiger partial charge in [-0.25, -0.2) is 18.7 Å². The smallest absolute Gasteiger partial charge is 0.287 e. The van der Waals surface area contributed by atoms with Crippen LogP contribution in [0.1, 0.15) is 58.3 Å². The molecule has 1 saturated carbocycles. The number of fused-ring (bicyclic) bond motifs is 2. The van der Waals surface area contributed by atoms with Crippen LogP contribution in [-0.2, 0) is 26.3 Å². The lowest BCUT2D eigenvalue weighted by Crippen LogP contribution is -2.28. The van der Waals surface area contributed by atoms with Gasteiger partial charge in [-0.1, -0.05) is 13.0 Å². The normalized spacial score (nSPS) is 24.2. The number of alkyl halides is 2. The van der Waals surface area contributed by atoms with Crippen LogP contribution in [0.2, 0.25) is 0 Å². The molecule has 178 valence electrons. The average molecular weight is 468 g/mol. The number of aryl methyl sites for hydroxylation is 2. The van der Waals surface area contributed by atoms with E-state index in [1.54, 1.807) is 12.4 Å². The molecule has 4 heterocycles. The van der Waals surface area contributed by atoms with E-state index >= 15 is 0 Å². The van der Waals surface area contributed by atoms with E-state index in [9.17, 15) is 13.6 Å². The largest absolute Gasteiger partial charge is 0.456 e. The Kier molecular flexibility index (Phi) is 4.79. The quantitative estimate of drug-likeness (QED) is 0.599. The maximum Gasteiger partial charge on any atom is 0.287 e. The second-order valence-corrected chi connectivity index (χ2v) is 9.62. The summed E-state index contributed by atoms with van der Waals surface area (Å²) in [6.07, 6.45) is 4.74. The Hall–Kier alpha value is -3.23. The number of aromatic nitrogens is 3. The van der Waals surface area contributed by atoms with E-state index in [0.717, 1.165) is 47.7 Å². The van der Waals surface area contributed by atoms with Crippen molar-refractivity contribution in [2.75, 3.05) is 18.0 Å². The lowest BCUT2D eigenvalue weighted by Gasteiger charge is -2.22. The first kappa shape index (κ1) is 21.3. The van der Waals surface area contributed by atoms with E-state index in [1.165, 1.54) is 0 Å². The average Bonchev–Trinajstić information content (AvgIpc) is 3.46. The summed E-state index contributed by atoms with van der Waals surface area (Å²) < 4.78 is 34.9. The summed E-state index contributed by atoms with van der Waals surface area (Å²) in [6, 6.07) is 7.31. The highest BCUT2D eigenvalue weighted by Crippen LogP contribution is 2.59. The zero-order valence-electron chi connectivity index (χ0n) is 19.2. The zero-order chi connectivity index (χ0) is 23.6. The molecule has 2 aliphatic carbocycles. The molecule has 7 nitrogen and oxygen atoms in total. The molecule has 3 aromatic rings. The number of carbonyl (C=O) groups is 1. The highest BCUT2D eigenvalue weighted by atomic mass is 19.3. The van der Waals surface area contributed by atoms with Crippen molar-refractivity contribution in [3.63, 3.8) is 0 Å². The SMILES string of the molecule is CCc1nc(N2CC3C(C2)C3(F)F)ccc1Cc1ccc(C(=O)N[C@@H]2CCc3c2ncn3C)o1. The van der Waals surface area contributed by atoms with Crippen molar-refractivity contribution < 1.29 is 18.0 Å². The third-order valence-electron chi connectivity index (χ3n) is 7.56. The van der Waals surface area contributed by atoms with Crippen LogP contribution in [0, 0.1) is 11.8 Å². The zero-order valence-corrected chi connectivity index (χ0v) is 19.2. The van der Waals surface area contributed by atoms with Crippen molar-refractivity contribution in [2.45, 2.75) is 44.6 Å². The number of piperidine rings is 1. The molecule has 3 aliphatic rings. The summed E-state index contributed by atoms with van der Waals surface area (Å²) in [6.45, 7) is 2.76. The molecule has 0 spiro atoms. The minimum Gasteiger partial charge on any atom is -0.456 e. The highest BCUT2D eigenvalue weighted by Gasteiger charge is 2.71. The predicted molar refractivity (Wildman–Crippen MR) is 121 cm³/mol. The highest BCUT2D eigenvalue weighted by molar-refractivity contribution is 5.91. The second kappa shape index (κ2) is 7.65. The van der Waals surface area contributed by atoms with E-state index in [2.05, 4.69) is 10.3 Å². The van der Waals surface area contributed by atoms with Crippen molar-refractivity contribution in [1.82, 2.24) is 19.9 Å². The van der Waals surface area contributed by atoms with Gasteiger partial charge in [0.2, 0.25) is 0 Å². The molecule has 1 saturated heterocycles. The maximum absolute atomic E-state index is 13.5. The lowest BCUT2D eigenvalue weighted by atomic mass is 10.1. The first-order valence-electron chi connectivity index (χ1n) is 11.9. The van der Waals surface area contributed by atoms with Gasteiger partial charge in [0.15, 0.2) is 5.76 Å². The molecule has 3 atom stereocenters. The molecule has 34 heavy (non-hydrogen) atoms. The van der Waals surface area contributed by atoms with Crippen LogP contribution in [0.15, 0.2) is 35.0 Å². The number of nitrogens with zero attached hydrogens (tertiary/aromatic N) is 4. The molecular weight excluding hydrogens is 440 g/mol. The van der Waals surface area contributed by atoms with Crippen LogP contribution >= 0.6 is 0 Å². The molecule has 9 heteroatoms. The first-order chi connectivity index (χ1) is 16.3. The number of hydrogen-bond acceptors (Lipinski definition) is 5. The number of furan rings is 1. The van der Waals surface area contributed by atoms with Crippen molar-refractivity contribution in [1.29, 1.82) is 0 Å². The first-order valence-corrected chi connectivity index (χ1v) is 11.9. The molecule has 1 aliphatic heterocycles.